The summed E-state index contributed by atoms with van der Waals surface area (Å²) in [6.45, 7) is 0. The summed E-state index contributed by atoms with van der Waals surface area (Å²) in [6, 6.07) is 3.97. The van der Waals surface area contributed by atoms with E-state index < -0.39 is 12.0 Å². The highest BCUT2D eigenvalue weighted by Crippen LogP contribution is 1.96. The first-order chi connectivity index (χ1) is 6.63. The summed E-state index contributed by atoms with van der Waals surface area (Å²) in [4.78, 5) is 24.4. The quantitative estimate of drug-likeness (QED) is 0.633. The molecule has 1 atom stereocenters. The molecule has 1 aromatic rings. The summed E-state index contributed by atoms with van der Waals surface area (Å²) in [5.41, 5.74) is 5.93. The topological polar surface area (TPSA) is 85.2 Å². The van der Waals surface area contributed by atoms with E-state index in [9.17, 15) is 9.59 Å². The van der Waals surface area contributed by atoms with Gasteiger partial charge in [-0.2, -0.15) is 0 Å². The standard InChI is InChI=1S/C9H12N2O3/c1-14-9(13)7(10)5-6-3-2-4-8(12)11-6/h2-4,7H,5,10H2,1H3,(H,11,12)/t7-/m0/s1. The molecule has 0 aromatic carbocycles. The summed E-state index contributed by atoms with van der Waals surface area (Å²) in [7, 11) is 1.27. The second-order valence-corrected chi connectivity index (χ2v) is 2.87. The summed E-state index contributed by atoms with van der Waals surface area (Å²) < 4.78 is 4.46. The number of pyridine rings is 1. The molecule has 0 aliphatic carbocycles. The van der Waals surface area contributed by atoms with Crippen LogP contribution in [0, 0.1) is 0 Å². The summed E-state index contributed by atoms with van der Waals surface area (Å²) >= 11 is 0. The lowest BCUT2D eigenvalue weighted by Gasteiger charge is -2.08. The molecule has 0 unspecified atom stereocenters. The molecule has 1 heterocycles. The van der Waals surface area contributed by atoms with Crippen molar-refractivity contribution in [3.8, 4) is 0 Å². The Labute approximate surface area is 80.9 Å². The van der Waals surface area contributed by atoms with Gasteiger partial charge in [-0.3, -0.25) is 9.59 Å². The molecule has 1 aromatic heterocycles. The van der Waals surface area contributed by atoms with Crippen LogP contribution in [0.1, 0.15) is 5.69 Å². The van der Waals surface area contributed by atoms with Crippen LogP contribution in [0.5, 0.6) is 0 Å². The molecule has 0 saturated carbocycles. The van der Waals surface area contributed by atoms with Crippen molar-refractivity contribution >= 4 is 5.97 Å². The fourth-order valence-electron chi connectivity index (χ4n) is 1.08. The predicted octanol–water partition coefficient (Wildman–Crippen LogP) is -0.582. The number of hydrogen-bond donors (Lipinski definition) is 2. The number of carbonyl (C=O) groups is 1. The van der Waals surface area contributed by atoms with Crippen LogP contribution in [-0.2, 0) is 16.0 Å². The van der Waals surface area contributed by atoms with Crippen LogP contribution in [0.3, 0.4) is 0 Å². The largest absolute Gasteiger partial charge is 0.468 e. The number of rotatable bonds is 3. The number of hydrogen-bond acceptors (Lipinski definition) is 4. The summed E-state index contributed by atoms with van der Waals surface area (Å²) in [5, 5.41) is 0. The number of aromatic amines is 1. The monoisotopic (exact) mass is 196 g/mol. The Morgan fingerprint density at radius 3 is 2.93 bits per heavy atom. The minimum Gasteiger partial charge on any atom is -0.468 e. The number of H-pyrrole nitrogens is 1. The Bertz CT molecular complexity index is 372. The van der Waals surface area contributed by atoms with E-state index in [1.165, 1.54) is 13.2 Å². The van der Waals surface area contributed by atoms with Crippen molar-refractivity contribution in [3.63, 3.8) is 0 Å². The second kappa shape index (κ2) is 4.57. The third kappa shape index (κ3) is 2.70. The van der Waals surface area contributed by atoms with Crippen molar-refractivity contribution in [1.29, 1.82) is 0 Å². The van der Waals surface area contributed by atoms with Crippen LogP contribution in [0.4, 0.5) is 0 Å². The number of nitrogens with one attached hydrogen (secondary N) is 1. The van der Waals surface area contributed by atoms with Crippen molar-refractivity contribution in [1.82, 2.24) is 4.98 Å². The predicted molar refractivity (Wildman–Crippen MR) is 50.8 cm³/mol. The molecular weight excluding hydrogens is 184 g/mol. The first-order valence-electron chi connectivity index (χ1n) is 4.15. The molecule has 0 bridgehead atoms. The first kappa shape index (κ1) is 10.5. The lowest BCUT2D eigenvalue weighted by Crippen LogP contribution is -2.34. The fraction of sp³-hybridized carbons (Fsp3) is 0.333. The van der Waals surface area contributed by atoms with Gasteiger partial charge in [0.2, 0.25) is 5.56 Å². The Morgan fingerprint density at radius 2 is 2.36 bits per heavy atom. The van der Waals surface area contributed by atoms with Crippen molar-refractivity contribution in [2.45, 2.75) is 12.5 Å². The van der Waals surface area contributed by atoms with Gasteiger partial charge in [-0.1, -0.05) is 6.07 Å². The van der Waals surface area contributed by atoms with Crippen LogP contribution in [0.15, 0.2) is 23.0 Å². The molecule has 5 nitrogen and oxygen atoms in total. The zero-order valence-electron chi connectivity index (χ0n) is 7.82. The number of esters is 1. The zero-order valence-corrected chi connectivity index (χ0v) is 7.82. The lowest BCUT2D eigenvalue weighted by atomic mass is 10.1. The average molecular weight is 196 g/mol. The van der Waals surface area contributed by atoms with E-state index in [1.54, 1.807) is 12.1 Å². The highest BCUT2D eigenvalue weighted by atomic mass is 16.5. The third-order valence-corrected chi connectivity index (χ3v) is 1.77. The van der Waals surface area contributed by atoms with Crippen molar-refractivity contribution in [2.24, 2.45) is 5.73 Å². The zero-order chi connectivity index (χ0) is 10.6. The van der Waals surface area contributed by atoms with E-state index in [-0.39, 0.29) is 12.0 Å². The molecule has 3 N–H and O–H groups in total. The number of aromatic nitrogens is 1. The van der Waals surface area contributed by atoms with Crippen LogP contribution in [-0.4, -0.2) is 24.1 Å². The van der Waals surface area contributed by atoms with Crippen molar-refractivity contribution in [2.75, 3.05) is 7.11 Å². The molecule has 0 radical (unpaired) electrons. The van der Waals surface area contributed by atoms with Gasteiger partial charge in [0, 0.05) is 18.2 Å². The highest BCUT2D eigenvalue weighted by molar-refractivity contribution is 5.75. The van der Waals surface area contributed by atoms with Crippen LogP contribution in [0.25, 0.3) is 0 Å². The van der Waals surface area contributed by atoms with Gasteiger partial charge < -0.3 is 15.5 Å². The van der Waals surface area contributed by atoms with E-state index in [1.807, 2.05) is 0 Å². The van der Waals surface area contributed by atoms with Crippen molar-refractivity contribution in [3.05, 3.63) is 34.2 Å². The number of methoxy groups -OCH3 is 1. The summed E-state index contributed by atoms with van der Waals surface area (Å²) in [5.74, 6) is -0.491. The van der Waals surface area contributed by atoms with Gasteiger partial charge in [-0.15, -0.1) is 0 Å². The van der Waals surface area contributed by atoms with Crippen LogP contribution >= 0.6 is 0 Å². The van der Waals surface area contributed by atoms with E-state index in [4.69, 9.17) is 5.73 Å². The van der Waals surface area contributed by atoms with Gasteiger partial charge in [0.25, 0.3) is 0 Å². The molecule has 0 saturated heterocycles. The number of carbonyl (C=O) groups excluding carboxylic acids is 1. The molecule has 1 rings (SSSR count). The maximum absolute atomic E-state index is 11.0. The molecule has 14 heavy (non-hydrogen) atoms. The first-order valence-corrected chi connectivity index (χ1v) is 4.15. The van der Waals surface area contributed by atoms with Crippen molar-refractivity contribution < 1.29 is 9.53 Å². The Morgan fingerprint density at radius 1 is 1.64 bits per heavy atom. The van der Waals surface area contributed by atoms with Gasteiger partial charge in [0.05, 0.1) is 7.11 Å². The maximum Gasteiger partial charge on any atom is 0.323 e. The molecule has 0 spiro atoms. The molecule has 0 fully saturated rings. The van der Waals surface area contributed by atoms with E-state index in [2.05, 4.69) is 9.72 Å². The second-order valence-electron chi connectivity index (χ2n) is 2.87. The minimum atomic E-state index is -0.738. The molecule has 0 aliphatic heterocycles. The fourth-order valence-corrected chi connectivity index (χ4v) is 1.08. The molecular formula is C9H12N2O3. The van der Waals surface area contributed by atoms with E-state index in [0.717, 1.165) is 0 Å². The Kier molecular flexibility index (Phi) is 3.41. The molecule has 76 valence electrons. The molecule has 0 aliphatic rings. The lowest BCUT2D eigenvalue weighted by molar-refractivity contribution is -0.142. The SMILES string of the molecule is COC(=O)[C@@H](N)Cc1cccc(=O)[nH]1. The Balaban J connectivity index is 2.69. The van der Waals surface area contributed by atoms with Gasteiger partial charge >= 0.3 is 5.97 Å². The maximum atomic E-state index is 11.0. The van der Waals surface area contributed by atoms with Crippen LogP contribution < -0.4 is 11.3 Å². The average Bonchev–Trinajstić information content (AvgIpc) is 2.16. The van der Waals surface area contributed by atoms with Gasteiger partial charge in [0.1, 0.15) is 6.04 Å². The highest BCUT2D eigenvalue weighted by Gasteiger charge is 2.14. The number of nitrogens with two attached hydrogens (primary N) is 1. The van der Waals surface area contributed by atoms with Gasteiger partial charge in [-0.05, 0) is 6.07 Å². The number of ether oxygens (including phenoxy) is 1. The minimum absolute atomic E-state index is 0.209. The molecule has 5 heteroatoms. The van der Waals surface area contributed by atoms with Gasteiger partial charge in [-0.25, -0.2) is 0 Å². The smallest absolute Gasteiger partial charge is 0.323 e. The molecule has 0 amide bonds. The van der Waals surface area contributed by atoms with E-state index >= 15 is 0 Å². The van der Waals surface area contributed by atoms with Gasteiger partial charge in [0.15, 0.2) is 0 Å². The Hall–Kier alpha value is -1.62. The summed E-state index contributed by atoms with van der Waals surface area (Å²) in [6.07, 6.45) is 0.267. The van der Waals surface area contributed by atoms with E-state index in [0.29, 0.717) is 5.69 Å². The third-order valence-electron chi connectivity index (χ3n) is 1.77. The van der Waals surface area contributed by atoms with Crippen LogP contribution in [0.2, 0.25) is 0 Å². The normalized spacial score (nSPS) is 12.1.